The van der Waals surface area contributed by atoms with Gasteiger partial charge in [0.2, 0.25) is 0 Å². The van der Waals surface area contributed by atoms with E-state index in [1.807, 2.05) is 0 Å². The van der Waals surface area contributed by atoms with Crippen LogP contribution in [-0.2, 0) is 12.6 Å². The molecular weight excluding hydrogens is 421 g/mol. The molecule has 3 amide bonds. The van der Waals surface area contributed by atoms with Crippen molar-refractivity contribution in [3.05, 3.63) is 83.7 Å². The van der Waals surface area contributed by atoms with Gasteiger partial charge in [0.25, 0.3) is 5.91 Å². The molecule has 4 rings (SSSR count). The first-order chi connectivity index (χ1) is 15.2. The highest BCUT2D eigenvalue weighted by Crippen LogP contribution is 2.36. The highest BCUT2D eigenvalue weighted by Gasteiger charge is 2.33. The molecule has 9 heteroatoms. The Morgan fingerprint density at radius 2 is 1.72 bits per heavy atom. The van der Waals surface area contributed by atoms with Crippen LogP contribution in [0, 0.1) is 0 Å². The van der Waals surface area contributed by atoms with Gasteiger partial charge in [-0.05, 0) is 60.5 Å². The van der Waals surface area contributed by atoms with Gasteiger partial charge in [0.15, 0.2) is 0 Å². The minimum Gasteiger partial charge on any atom is -0.311 e. The summed E-state index contributed by atoms with van der Waals surface area (Å²) in [6.07, 6.45) is -0.820. The van der Waals surface area contributed by atoms with Gasteiger partial charge < -0.3 is 10.2 Å². The van der Waals surface area contributed by atoms with Crippen LogP contribution in [0.3, 0.4) is 0 Å². The highest BCUT2D eigenvalue weighted by molar-refractivity contribution is 6.06. The van der Waals surface area contributed by atoms with Crippen molar-refractivity contribution in [2.45, 2.75) is 12.6 Å². The molecule has 0 radical (unpaired) electrons. The van der Waals surface area contributed by atoms with Crippen molar-refractivity contribution >= 4 is 29.0 Å². The lowest BCUT2D eigenvalue weighted by Gasteiger charge is -2.20. The Bertz CT molecular complexity index is 1150. The van der Waals surface area contributed by atoms with Crippen LogP contribution in [0.15, 0.2) is 67.0 Å². The van der Waals surface area contributed by atoms with Crippen molar-refractivity contribution in [3.63, 3.8) is 0 Å². The topological polar surface area (TPSA) is 65.5 Å². The van der Waals surface area contributed by atoms with Crippen LogP contribution >= 0.6 is 0 Å². The number of nitrogens with one attached hydrogen (secondary N) is 1. The van der Waals surface area contributed by atoms with Crippen LogP contribution in [-0.4, -0.2) is 30.5 Å². The van der Waals surface area contributed by atoms with Crippen LogP contribution in [0.2, 0.25) is 0 Å². The lowest BCUT2D eigenvalue weighted by molar-refractivity contribution is -0.137. The average Bonchev–Trinajstić information content (AvgIpc) is 3.22. The maximum atomic E-state index is 13.0. The number of fused-ring (bicyclic) bond motifs is 1. The van der Waals surface area contributed by atoms with E-state index in [0.717, 1.165) is 12.1 Å². The van der Waals surface area contributed by atoms with Gasteiger partial charge in [-0.15, -0.1) is 0 Å². The molecule has 0 atom stereocenters. The van der Waals surface area contributed by atoms with Crippen molar-refractivity contribution in [2.24, 2.45) is 0 Å². The quantitative estimate of drug-likeness (QED) is 0.625. The molecule has 0 aliphatic carbocycles. The Balaban J connectivity index is 1.46. The first-order valence-corrected chi connectivity index (χ1v) is 9.81. The summed E-state index contributed by atoms with van der Waals surface area (Å²) < 4.78 is 39.1. The third-order valence-corrected chi connectivity index (χ3v) is 5.29. The number of pyridine rings is 1. The minimum atomic E-state index is -4.48. The van der Waals surface area contributed by atoms with Gasteiger partial charge in [-0.3, -0.25) is 14.7 Å². The Kier molecular flexibility index (Phi) is 5.56. The van der Waals surface area contributed by atoms with Crippen molar-refractivity contribution in [2.75, 3.05) is 28.7 Å². The third kappa shape index (κ3) is 4.27. The molecule has 1 aliphatic heterocycles. The summed E-state index contributed by atoms with van der Waals surface area (Å²) in [7, 11) is 1.65. The van der Waals surface area contributed by atoms with Gasteiger partial charge in [0.1, 0.15) is 0 Å². The number of halogens is 3. The lowest BCUT2D eigenvalue weighted by Crippen LogP contribution is -2.33. The maximum Gasteiger partial charge on any atom is 0.416 e. The second kappa shape index (κ2) is 8.33. The van der Waals surface area contributed by atoms with Crippen molar-refractivity contribution in [1.29, 1.82) is 0 Å². The number of carbonyl (C=O) groups is 2. The van der Waals surface area contributed by atoms with E-state index in [2.05, 4.69) is 10.3 Å². The van der Waals surface area contributed by atoms with E-state index in [1.54, 1.807) is 55.8 Å². The van der Waals surface area contributed by atoms with Crippen molar-refractivity contribution in [3.8, 4) is 0 Å². The van der Waals surface area contributed by atoms with E-state index in [0.29, 0.717) is 28.9 Å². The fraction of sp³-hybridized carbons (Fsp3) is 0.174. The molecule has 2 aromatic carbocycles. The average molecular weight is 440 g/mol. The van der Waals surface area contributed by atoms with E-state index in [1.165, 1.54) is 15.9 Å². The van der Waals surface area contributed by atoms with Crippen LogP contribution in [0.25, 0.3) is 0 Å². The molecule has 1 aliphatic rings. The largest absolute Gasteiger partial charge is 0.416 e. The van der Waals surface area contributed by atoms with E-state index >= 15 is 0 Å². The molecule has 6 nitrogen and oxygen atoms in total. The standard InChI is InChI=1S/C23H19F3N4O2/c1-29(19-8-11-27-12-9-19)21(31)16-3-6-18(7-4-16)28-22(32)30-13-10-15-2-5-17(14-20(15)30)23(24,25)26/h2-9,11-12,14H,10,13H2,1H3,(H,28,32). The summed E-state index contributed by atoms with van der Waals surface area (Å²) in [5, 5.41) is 2.68. The van der Waals surface area contributed by atoms with Gasteiger partial charge in [-0.25, -0.2) is 4.79 Å². The SMILES string of the molecule is CN(C(=O)c1ccc(NC(=O)N2CCc3ccc(C(F)(F)F)cc32)cc1)c1ccncc1. The predicted molar refractivity (Wildman–Crippen MR) is 115 cm³/mol. The number of hydrogen-bond acceptors (Lipinski definition) is 3. The van der Waals surface area contributed by atoms with Crippen molar-refractivity contribution < 1.29 is 22.8 Å². The number of amides is 3. The van der Waals surface area contributed by atoms with Crippen LogP contribution in [0.4, 0.5) is 35.0 Å². The zero-order valence-electron chi connectivity index (χ0n) is 17.1. The normalized spacial score (nSPS) is 12.9. The van der Waals surface area contributed by atoms with E-state index in [9.17, 15) is 22.8 Å². The Morgan fingerprint density at radius 3 is 2.38 bits per heavy atom. The van der Waals surface area contributed by atoms with Gasteiger partial charge >= 0.3 is 12.2 Å². The number of aromatic nitrogens is 1. The van der Waals surface area contributed by atoms with Crippen LogP contribution in [0.1, 0.15) is 21.5 Å². The van der Waals surface area contributed by atoms with E-state index in [-0.39, 0.29) is 18.1 Å². The number of nitrogens with zero attached hydrogens (tertiary/aromatic N) is 3. The molecule has 32 heavy (non-hydrogen) atoms. The number of rotatable bonds is 3. The second-order valence-electron chi connectivity index (χ2n) is 7.32. The highest BCUT2D eigenvalue weighted by atomic mass is 19.4. The second-order valence-corrected chi connectivity index (χ2v) is 7.32. The first kappa shape index (κ1) is 21.4. The summed E-state index contributed by atoms with van der Waals surface area (Å²) in [5.41, 5.74) is 1.68. The summed E-state index contributed by atoms with van der Waals surface area (Å²) >= 11 is 0. The molecule has 0 saturated carbocycles. The minimum absolute atomic E-state index is 0.234. The molecule has 0 fully saturated rings. The monoisotopic (exact) mass is 440 g/mol. The summed E-state index contributed by atoms with van der Waals surface area (Å²) in [5.74, 6) is -0.234. The fourth-order valence-electron chi connectivity index (χ4n) is 3.53. The van der Waals surface area contributed by atoms with Gasteiger partial charge in [0, 0.05) is 48.6 Å². The Hall–Kier alpha value is -3.88. The molecule has 0 bridgehead atoms. The van der Waals surface area contributed by atoms with Crippen LogP contribution < -0.4 is 15.1 Å². The molecule has 0 unspecified atom stereocenters. The molecule has 1 N–H and O–H groups in total. The Labute approximate surface area is 182 Å². The van der Waals surface area contributed by atoms with Crippen molar-refractivity contribution in [1.82, 2.24) is 4.98 Å². The van der Waals surface area contributed by atoms with E-state index in [4.69, 9.17) is 0 Å². The summed E-state index contributed by atoms with van der Waals surface area (Å²) in [6, 6.07) is 12.6. The van der Waals surface area contributed by atoms with E-state index < -0.39 is 17.8 Å². The maximum absolute atomic E-state index is 13.0. The summed E-state index contributed by atoms with van der Waals surface area (Å²) in [6.45, 7) is 0.287. The molecular formula is C23H19F3N4O2. The number of anilines is 3. The first-order valence-electron chi connectivity index (χ1n) is 9.81. The number of benzene rings is 2. The predicted octanol–water partition coefficient (Wildman–Crippen LogP) is 4.97. The molecule has 1 aromatic heterocycles. The molecule has 0 spiro atoms. The number of urea groups is 1. The zero-order chi connectivity index (χ0) is 22.9. The Morgan fingerprint density at radius 1 is 1.03 bits per heavy atom. The third-order valence-electron chi connectivity index (χ3n) is 5.29. The molecule has 0 saturated heterocycles. The zero-order valence-corrected chi connectivity index (χ0v) is 17.1. The molecule has 164 valence electrons. The van der Waals surface area contributed by atoms with Gasteiger partial charge in [-0.1, -0.05) is 6.07 Å². The number of carbonyl (C=O) groups excluding carboxylic acids is 2. The number of hydrogen-bond donors (Lipinski definition) is 1. The van der Waals surface area contributed by atoms with Gasteiger partial charge in [0.05, 0.1) is 5.56 Å². The lowest BCUT2D eigenvalue weighted by atomic mass is 10.1. The van der Waals surface area contributed by atoms with Gasteiger partial charge in [-0.2, -0.15) is 13.2 Å². The smallest absolute Gasteiger partial charge is 0.311 e. The fourth-order valence-corrected chi connectivity index (χ4v) is 3.53. The number of alkyl halides is 3. The molecule has 3 aromatic rings. The molecule has 2 heterocycles. The summed E-state index contributed by atoms with van der Waals surface area (Å²) in [4.78, 5) is 32.1. The van der Waals surface area contributed by atoms with Crippen LogP contribution in [0.5, 0.6) is 0 Å².